The van der Waals surface area contributed by atoms with Crippen molar-refractivity contribution in [3.63, 3.8) is 0 Å². The van der Waals surface area contributed by atoms with Crippen LogP contribution in [0.5, 0.6) is 0 Å². The van der Waals surface area contributed by atoms with Crippen LogP contribution in [-0.2, 0) is 9.53 Å². The maximum absolute atomic E-state index is 10.8. The van der Waals surface area contributed by atoms with Crippen molar-refractivity contribution in [3.05, 3.63) is 0 Å². The number of nitrogens with one attached hydrogen (secondary N) is 2. The Kier molecular flexibility index (Phi) is 9.60. The van der Waals surface area contributed by atoms with E-state index >= 15 is 0 Å². The number of carbonyl (C=O) groups excluding carboxylic acids is 1. The van der Waals surface area contributed by atoms with Crippen molar-refractivity contribution in [1.29, 1.82) is 0 Å². The Morgan fingerprint density at radius 3 is 2.31 bits per heavy atom. The molecule has 0 aromatic heterocycles. The summed E-state index contributed by atoms with van der Waals surface area (Å²) in [6.07, 6.45) is 0.335. The molecule has 6 heteroatoms. The van der Waals surface area contributed by atoms with Gasteiger partial charge in [0.15, 0.2) is 5.96 Å². The lowest BCUT2D eigenvalue weighted by molar-refractivity contribution is -0.140. The van der Waals surface area contributed by atoms with E-state index in [1.807, 2.05) is 20.8 Å². The standard InChI is InChI=1S/C10H21N3O2.HI/c1-10(2,3)13-9(11-4)12-7-6-8(14)15-5;/h6-7H2,1-5H3,(H2,11,12,13);1H. The summed E-state index contributed by atoms with van der Waals surface area (Å²) in [5.74, 6) is 0.458. The van der Waals surface area contributed by atoms with E-state index in [4.69, 9.17) is 0 Å². The SMILES string of the molecule is CN=C(NCCC(=O)OC)NC(C)(C)C.I. The Morgan fingerprint density at radius 2 is 1.94 bits per heavy atom. The summed E-state index contributed by atoms with van der Waals surface area (Å²) < 4.78 is 4.53. The predicted octanol–water partition coefficient (Wildman–Crippen LogP) is 1.13. The Morgan fingerprint density at radius 1 is 1.38 bits per heavy atom. The third-order valence-electron chi connectivity index (χ3n) is 1.57. The molecule has 0 atom stereocenters. The second kappa shape index (κ2) is 8.60. The molecule has 96 valence electrons. The number of aliphatic imine (C=N–C) groups is 1. The molecule has 0 aromatic rings. The molecule has 0 rings (SSSR count). The molecule has 0 aromatic carbocycles. The van der Waals surface area contributed by atoms with Crippen LogP contribution in [0, 0.1) is 0 Å². The van der Waals surface area contributed by atoms with Gasteiger partial charge in [0.05, 0.1) is 13.5 Å². The molecule has 0 saturated carbocycles. The first-order valence-electron chi connectivity index (χ1n) is 4.94. The number of rotatable bonds is 3. The summed E-state index contributed by atoms with van der Waals surface area (Å²) in [6.45, 7) is 6.64. The summed E-state index contributed by atoms with van der Waals surface area (Å²) in [4.78, 5) is 14.9. The molecule has 2 N–H and O–H groups in total. The highest BCUT2D eigenvalue weighted by atomic mass is 127. The van der Waals surface area contributed by atoms with E-state index in [2.05, 4.69) is 20.4 Å². The second-order valence-electron chi connectivity index (χ2n) is 4.20. The highest BCUT2D eigenvalue weighted by Gasteiger charge is 2.11. The van der Waals surface area contributed by atoms with Crippen LogP contribution in [-0.4, -0.2) is 38.2 Å². The van der Waals surface area contributed by atoms with Crippen LogP contribution < -0.4 is 10.6 Å². The molecule has 0 unspecified atom stereocenters. The largest absolute Gasteiger partial charge is 0.469 e. The summed E-state index contributed by atoms with van der Waals surface area (Å²) >= 11 is 0. The summed E-state index contributed by atoms with van der Waals surface area (Å²) in [5.41, 5.74) is -0.0485. The Bertz CT molecular complexity index is 237. The van der Waals surface area contributed by atoms with E-state index in [1.54, 1.807) is 7.05 Å². The highest BCUT2D eigenvalue weighted by Crippen LogP contribution is 1.97. The van der Waals surface area contributed by atoms with Gasteiger partial charge in [0.2, 0.25) is 0 Å². The average Bonchev–Trinajstić information content (AvgIpc) is 2.14. The molecule has 0 amide bonds. The number of nitrogens with zero attached hydrogens (tertiary/aromatic N) is 1. The second-order valence-corrected chi connectivity index (χ2v) is 4.20. The lowest BCUT2D eigenvalue weighted by Crippen LogP contribution is -2.47. The number of carbonyl (C=O) groups is 1. The van der Waals surface area contributed by atoms with Gasteiger partial charge in [0.1, 0.15) is 0 Å². The molecule has 0 spiro atoms. The highest BCUT2D eigenvalue weighted by molar-refractivity contribution is 14.0. The zero-order valence-corrected chi connectivity index (χ0v) is 12.9. The van der Waals surface area contributed by atoms with Crippen LogP contribution in [0.1, 0.15) is 27.2 Å². The topological polar surface area (TPSA) is 62.7 Å². The van der Waals surface area contributed by atoms with Gasteiger partial charge in [0, 0.05) is 19.1 Å². The molecular formula is C10H22IN3O2. The maximum atomic E-state index is 10.8. The van der Waals surface area contributed by atoms with E-state index < -0.39 is 0 Å². The first-order valence-corrected chi connectivity index (χ1v) is 4.94. The number of guanidine groups is 1. The van der Waals surface area contributed by atoms with Gasteiger partial charge in [-0.3, -0.25) is 9.79 Å². The molecular weight excluding hydrogens is 321 g/mol. The number of halogens is 1. The summed E-state index contributed by atoms with van der Waals surface area (Å²) in [6, 6.07) is 0. The Labute approximate surface area is 114 Å². The van der Waals surface area contributed by atoms with E-state index in [9.17, 15) is 4.79 Å². The molecule has 5 nitrogen and oxygen atoms in total. The predicted molar refractivity (Wildman–Crippen MR) is 76.3 cm³/mol. The molecule has 0 radical (unpaired) electrons. The minimum atomic E-state index is -0.228. The van der Waals surface area contributed by atoms with E-state index in [1.165, 1.54) is 7.11 Å². The molecule has 16 heavy (non-hydrogen) atoms. The van der Waals surface area contributed by atoms with Crippen LogP contribution in [0.3, 0.4) is 0 Å². The third-order valence-corrected chi connectivity index (χ3v) is 1.57. The average molecular weight is 343 g/mol. The first kappa shape index (κ1) is 17.9. The molecule has 0 aliphatic rings. The Balaban J connectivity index is 0. The van der Waals surface area contributed by atoms with E-state index in [0.717, 1.165) is 0 Å². The fourth-order valence-electron chi connectivity index (χ4n) is 0.919. The van der Waals surface area contributed by atoms with Crippen LogP contribution in [0.15, 0.2) is 4.99 Å². The van der Waals surface area contributed by atoms with Gasteiger partial charge in [-0.1, -0.05) is 0 Å². The lowest BCUT2D eigenvalue weighted by Gasteiger charge is -2.23. The molecule has 0 bridgehead atoms. The lowest BCUT2D eigenvalue weighted by atomic mass is 10.1. The number of hydrogen-bond acceptors (Lipinski definition) is 3. The van der Waals surface area contributed by atoms with E-state index in [-0.39, 0.29) is 35.5 Å². The van der Waals surface area contributed by atoms with E-state index in [0.29, 0.717) is 18.9 Å². The van der Waals surface area contributed by atoms with Gasteiger partial charge >= 0.3 is 5.97 Å². The van der Waals surface area contributed by atoms with Crippen molar-refractivity contribution < 1.29 is 9.53 Å². The van der Waals surface area contributed by atoms with Crippen molar-refractivity contribution in [3.8, 4) is 0 Å². The van der Waals surface area contributed by atoms with Gasteiger partial charge in [-0.15, -0.1) is 24.0 Å². The minimum Gasteiger partial charge on any atom is -0.469 e. The van der Waals surface area contributed by atoms with Crippen molar-refractivity contribution in [2.45, 2.75) is 32.7 Å². The van der Waals surface area contributed by atoms with Crippen LogP contribution in [0.25, 0.3) is 0 Å². The summed E-state index contributed by atoms with van der Waals surface area (Å²) in [5, 5.41) is 6.21. The monoisotopic (exact) mass is 343 g/mol. The van der Waals surface area contributed by atoms with Gasteiger partial charge < -0.3 is 15.4 Å². The molecule has 0 saturated heterocycles. The fraction of sp³-hybridized carbons (Fsp3) is 0.800. The van der Waals surface area contributed by atoms with Gasteiger partial charge in [0.25, 0.3) is 0 Å². The minimum absolute atomic E-state index is 0. The Hall–Kier alpha value is -0.530. The van der Waals surface area contributed by atoms with Gasteiger partial charge in [-0.2, -0.15) is 0 Å². The fourth-order valence-corrected chi connectivity index (χ4v) is 0.919. The van der Waals surface area contributed by atoms with Crippen molar-refractivity contribution >= 4 is 35.9 Å². The maximum Gasteiger partial charge on any atom is 0.307 e. The quantitative estimate of drug-likeness (QED) is 0.349. The molecule has 0 fully saturated rings. The molecule has 0 aliphatic carbocycles. The van der Waals surface area contributed by atoms with Gasteiger partial charge in [-0.25, -0.2) is 0 Å². The molecule has 0 heterocycles. The zero-order chi connectivity index (χ0) is 11.9. The number of ether oxygens (including phenoxy) is 1. The normalized spacial score (nSPS) is 11.4. The van der Waals surface area contributed by atoms with Crippen LogP contribution in [0.4, 0.5) is 0 Å². The smallest absolute Gasteiger partial charge is 0.307 e. The van der Waals surface area contributed by atoms with Gasteiger partial charge in [-0.05, 0) is 20.8 Å². The third kappa shape index (κ3) is 10.0. The first-order chi connectivity index (χ1) is 6.89. The van der Waals surface area contributed by atoms with Crippen molar-refractivity contribution in [2.75, 3.05) is 20.7 Å². The zero-order valence-electron chi connectivity index (χ0n) is 10.6. The van der Waals surface area contributed by atoms with Crippen molar-refractivity contribution in [2.24, 2.45) is 4.99 Å². The van der Waals surface area contributed by atoms with Crippen molar-refractivity contribution in [1.82, 2.24) is 10.6 Å². The number of esters is 1. The molecule has 0 aliphatic heterocycles. The van der Waals surface area contributed by atoms with Crippen LogP contribution in [0.2, 0.25) is 0 Å². The number of hydrogen-bond donors (Lipinski definition) is 2. The van der Waals surface area contributed by atoms with Crippen LogP contribution >= 0.6 is 24.0 Å². The summed E-state index contributed by atoms with van der Waals surface area (Å²) in [7, 11) is 3.07. The number of methoxy groups -OCH3 is 1.